The third-order valence-corrected chi connectivity index (χ3v) is 3.67. The van der Waals surface area contributed by atoms with Gasteiger partial charge in [-0.15, -0.1) is 0 Å². The van der Waals surface area contributed by atoms with Crippen LogP contribution in [0.4, 0.5) is 18.9 Å². The number of nitrogens with one attached hydrogen (secondary N) is 1. The van der Waals surface area contributed by atoms with Crippen molar-refractivity contribution in [2.24, 2.45) is 0 Å². The minimum atomic E-state index is -4.28. The SMILES string of the molecule is FC(F)(F)c1ccc(NC2CCCC2)c(Br)c1. The van der Waals surface area contributed by atoms with Crippen LogP contribution in [0.3, 0.4) is 0 Å². The number of anilines is 1. The summed E-state index contributed by atoms with van der Waals surface area (Å²) >= 11 is 3.18. The van der Waals surface area contributed by atoms with E-state index < -0.39 is 11.7 Å². The van der Waals surface area contributed by atoms with Gasteiger partial charge in [0.1, 0.15) is 0 Å². The highest BCUT2D eigenvalue weighted by molar-refractivity contribution is 9.10. The van der Waals surface area contributed by atoms with E-state index >= 15 is 0 Å². The highest BCUT2D eigenvalue weighted by Crippen LogP contribution is 2.35. The molecule has 1 nitrogen and oxygen atoms in total. The van der Waals surface area contributed by atoms with Crippen molar-refractivity contribution >= 4 is 21.6 Å². The first-order valence-electron chi connectivity index (χ1n) is 5.60. The molecular weight excluding hydrogens is 295 g/mol. The van der Waals surface area contributed by atoms with Crippen LogP contribution in [0, 0.1) is 0 Å². The molecule has 0 aliphatic heterocycles. The van der Waals surface area contributed by atoms with Gasteiger partial charge >= 0.3 is 6.18 Å². The Labute approximate surface area is 107 Å². The molecule has 94 valence electrons. The number of benzene rings is 1. The zero-order chi connectivity index (χ0) is 12.5. The molecule has 0 atom stereocenters. The lowest BCUT2D eigenvalue weighted by molar-refractivity contribution is -0.137. The minimum absolute atomic E-state index is 0.392. The molecule has 1 aromatic rings. The molecule has 1 saturated carbocycles. The lowest BCUT2D eigenvalue weighted by Gasteiger charge is -2.16. The number of hydrogen-bond donors (Lipinski definition) is 1. The van der Waals surface area contributed by atoms with E-state index in [2.05, 4.69) is 21.2 Å². The summed E-state index contributed by atoms with van der Waals surface area (Å²) in [4.78, 5) is 0. The van der Waals surface area contributed by atoms with Crippen LogP contribution in [0.2, 0.25) is 0 Å². The summed E-state index contributed by atoms with van der Waals surface area (Å²) in [5.41, 5.74) is 0.117. The fourth-order valence-electron chi connectivity index (χ4n) is 2.10. The van der Waals surface area contributed by atoms with Gasteiger partial charge in [0.25, 0.3) is 0 Å². The Morgan fingerprint density at radius 2 is 1.82 bits per heavy atom. The fourth-order valence-corrected chi connectivity index (χ4v) is 2.59. The molecule has 2 rings (SSSR count). The van der Waals surface area contributed by atoms with Gasteiger partial charge in [0.05, 0.1) is 5.56 Å². The zero-order valence-electron chi connectivity index (χ0n) is 9.15. The van der Waals surface area contributed by atoms with Crippen LogP contribution in [0.25, 0.3) is 0 Å². The smallest absolute Gasteiger partial charge is 0.381 e. The molecule has 0 spiro atoms. The maximum atomic E-state index is 12.5. The Bertz CT molecular complexity index is 397. The van der Waals surface area contributed by atoms with Gasteiger partial charge in [-0.2, -0.15) is 13.2 Å². The van der Waals surface area contributed by atoms with Gasteiger partial charge in [-0.1, -0.05) is 12.8 Å². The third kappa shape index (κ3) is 3.15. The lowest BCUT2D eigenvalue weighted by atomic mass is 10.1. The number of hydrogen-bond acceptors (Lipinski definition) is 1. The normalized spacial score (nSPS) is 17.4. The van der Waals surface area contributed by atoms with Crippen molar-refractivity contribution in [2.45, 2.75) is 37.9 Å². The van der Waals surface area contributed by atoms with Gasteiger partial charge in [0, 0.05) is 16.2 Å². The molecule has 0 aromatic heterocycles. The molecule has 1 fully saturated rings. The molecule has 1 N–H and O–H groups in total. The van der Waals surface area contributed by atoms with Crippen molar-refractivity contribution in [3.63, 3.8) is 0 Å². The Morgan fingerprint density at radius 1 is 1.18 bits per heavy atom. The second kappa shape index (κ2) is 4.88. The molecular formula is C12H13BrF3N. The summed E-state index contributed by atoms with van der Waals surface area (Å²) in [6.07, 6.45) is 0.279. The second-order valence-corrected chi connectivity index (χ2v) is 5.17. The molecule has 0 amide bonds. The zero-order valence-corrected chi connectivity index (χ0v) is 10.7. The molecule has 1 aromatic carbocycles. The van der Waals surface area contributed by atoms with Gasteiger partial charge in [-0.25, -0.2) is 0 Å². The van der Waals surface area contributed by atoms with Gasteiger partial charge in [0.15, 0.2) is 0 Å². The van der Waals surface area contributed by atoms with E-state index in [9.17, 15) is 13.2 Å². The van der Waals surface area contributed by atoms with E-state index in [0.29, 0.717) is 10.5 Å². The van der Waals surface area contributed by atoms with Crippen molar-refractivity contribution in [1.82, 2.24) is 0 Å². The standard InChI is InChI=1S/C12H13BrF3N/c13-10-7-8(12(14,15)16)5-6-11(10)17-9-3-1-2-4-9/h5-7,9,17H,1-4H2. The third-order valence-electron chi connectivity index (χ3n) is 3.01. The van der Waals surface area contributed by atoms with E-state index in [1.807, 2.05) is 0 Å². The molecule has 0 saturated heterocycles. The number of rotatable bonds is 2. The summed E-state index contributed by atoms with van der Waals surface area (Å²) in [5.74, 6) is 0. The Kier molecular flexibility index (Phi) is 3.66. The maximum Gasteiger partial charge on any atom is 0.416 e. The van der Waals surface area contributed by atoms with Crippen LogP contribution < -0.4 is 5.32 Å². The van der Waals surface area contributed by atoms with Gasteiger partial charge in [-0.05, 0) is 47.0 Å². The van der Waals surface area contributed by atoms with Crippen LogP contribution in [0.1, 0.15) is 31.2 Å². The Balaban J connectivity index is 2.14. The van der Waals surface area contributed by atoms with Crippen molar-refractivity contribution in [1.29, 1.82) is 0 Å². The molecule has 1 aliphatic carbocycles. The summed E-state index contributed by atoms with van der Waals surface area (Å²) in [7, 11) is 0. The van der Waals surface area contributed by atoms with E-state index in [0.717, 1.165) is 30.7 Å². The van der Waals surface area contributed by atoms with Crippen molar-refractivity contribution in [3.05, 3.63) is 28.2 Å². The number of alkyl halides is 3. The fraction of sp³-hybridized carbons (Fsp3) is 0.500. The van der Waals surface area contributed by atoms with Crippen LogP contribution in [0.5, 0.6) is 0 Å². The topological polar surface area (TPSA) is 12.0 Å². The molecule has 5 heteroatoms. The highest BCUT2D eigenvalue weighted by Gasteiger charge is 2.31. The average molecular weight is 308 g/mol. The van der Waals surface area contributed by atoms with Crippen molar-refractivity contribution in [2.75, 3.05) is 5.32 Å². The average Bonchev–Trinajstić information content (AvgIpc) is 2.72. The van der Waals surface area contributed by atoms with Gasteiger partial charge in [0.2, 0.25) is 0 Å². The summed E-state index contributed by atoms with van der Waals surface area (Å²) in [6, 6.07) is 4.12. The molecule has 0 bridgehead atoms. The van der Waals surface area contributed by atoms with E-state index in [1.54, 1.807) is 0 Å². The molecule has 1 aliphatic rings. The van der Waals surface area contributed by atoms with E-state index in [4.69, 9.17) is 0 Å². The highest BCUT2D eigenvalue weighted by atomic mass is 79.9. The lowest BCUT2D eigenvalue weighted by Crippen LogP contribution is -2.15. The Hall–Kier alpha value is -0.710. The number of halogens is 4. The molecule has 17 heavy (non-hydrogen) atoms. The van der Waals surface area contributed by atoms with Crippen LogP contribution >= 0.6 is 15.9 Å². The monoisotopic (exact) mass is 307 g/mol. The predicted molar refractivity (Wildman–Crippen MR) is 65.0 cm³/mol. The molecule has 0 radical (unpaired) electrons. The summed E-state index contributed by atoms with van der Waals surface area (Å²) in [5, 5.41) is 3.27. The largest absolute Gasteiger partial charge is 0.416 e. The maximum absolute atomic E-state index is 12.5. The van der Waals surface area contributed by atoms with Gasteiger partial charge < -0.3 is 5.32 Å². The van der Waals surface area contributed by atoms with E-state index in [1.165, 1.54) is 18.9 Å². The first kappa shape index (κ1) is 12.7. The summed E-state index contributed by atoms with van der Waals surface area (Å²) in [6.45, 7) is 0. The van der Waals surface area contributed by atoms with Crippen molar-refractivity contribution in [3.8, 4) is 0 Å². The second-order valence-electron chi connectivity index (χ2n) is 4.32. The Morgan fingerprint density at radius 3 is 2.35 bits per heavy atom. The van der Waals surface area contributed by atoms with Crippen LogP contribution in [-0.4, -0.2) is 6.04 Å². The van der Waals surface area contributed by atoms with E-state index in [-0.39, 0.29) is 0 Å². The van der Waals surface area contributed by atoms with Crippen molar-refractivity contribution < 1.29 is 13.2 Å². The quantitative estimate of drug-likeness (QED) is 0.826. The molecule has 0 unspecified atom stereocenters. The van der Waals surface area contributed by atoms with Crippen LogP contribution in [0.15, 0.2) is 22.7 Å². The minimum Gasteiger partial charge on any atom is -0.381 e. The van der Waals surface area contributed by atoms with Gasteiger partial charge in [-0.3, -0.25) is 0 Å². The molecule has 0 heterocycles. The predicted octanol–water partition coefficient (Wildman–Crippen LogP) is 4.82. The first-order chi connectivity index (χ1) is 7.97. The summed E-state index contributed by atoms with van der Waals surface area (Å²) < 4.78 is 37.9. The van der Waals surface area contributed by atoms with Crippen LogP contribution in [-0.2, 0) is 6.18 Å². The first-order valence-corrected chi connectivity index (χ1v) is 6.39.